The van der Waals surface area contributed by atoms with Crippen molar-refractivity contribution in [1.82, 2.24) is 0 Å². The number of hydrogen-bond acceptors (Lipinski definition) is 5. The standard InChI is InChI=1S/C19H17Cl2N3O3/c1-18(12-19(18,20)21)17(26)27-11-16(25)22-13-7-9-15(10-8-13)24-23-14-5-3-2-4-6-14/h2-10H,11-12H2,1H3,(H,22,25)/t18-/m1/s1. The highest BCUT2D eigenvalue weighted by molar-refractivity contribution is 6.53. The van der Waals surface area contributed by atoms with Gasteiger partial charge in [-0.3, -0.25) is 9.59 Å². The number of ether oxygens (including phenoxy) is 1. The lowest BCUT2D eigenvalue weighted by Gasteiger charge is -2.11. The summed E-state index contributed by atoms with van der Waals surface area (Å²) in [7, 11) is 0. The minimum Gasteiger partial charge on any atom is -0.455 e. The van der Waals surface area contributed by atoms with Crippen molar-refractivity contribution < 1.29 is 14.3 Å². The summed E-state index contributed by atoms with van der Waals surface area (Å²) >= 11 is 11.8. The molecule has 0 aromatic heterocycles. The van der Waals surface area contributed by atoms with Crippen LogP contribution in [0.2, 0.25) is 0 Å². The number of hydrogen-bond donors (Lipinski definition) is 1. The van der Waals surface area contributed by atoms with Gasteiger partial charge in [-0.1, -0.05) is 18.2 Å². The highest BCUT2D eigenvalue weighted by atomic mass is 35.5. The van der Waals surface area contributed by atoms with E-state index in [-0.39, 0.29) is 0 Å². The van der Waals surface area contributed by atoms with Crippen molar-refractivity contribution in [3.63, 3.8) is 0 Å². The third kappa shape index (κ3) is 4.64. The number of anilines is 1. The van der Waals surface area contributed by atoms with Gasteiger partial charge in [0.05, 0.1) is 11.4 Å². The van der Waals surface area contributed by atoms with Gasteiger partial charge < -0.3 is 10.1 Å². The van der Waals surface area contributed by atoms with Gasteiger partial charge in [0.15, 0.2) is 6.61 Å². The zero-order valence-corrected chi connectivity index (χ0v) is 16.0. The van der Waals surface area contributed by atoms with Gasteiger partial charge in [-0.2, -0.15) is 10.2 Å². The maximum absolute atomic E-state index is 11.9. The minimum atomic E-state index is -1.12. The third-order valence-corrected chi connectivity index (χ3v) is 5.33. The second-order valence-corrected chi connectivity index (χ2v) is 7.90. The molecule has 1 atom stereocenters. The van der Waals surface area contributed by atoms with Gasteiger partial charge in [0, 0.05) is 12.1 Å². The molecule has 27 heavy (non-hydrogen) atoms. The molecule has 6 nitrogen and oxygen atoms in total. The Kier molecular flexibility index (Phi) is 5.48. The Hall–Kier alpha value is -2.44. The summed E-state index contributed by atoms with van der Waals surface area (Å²) in [5.74, 6) is -1.04. The Morgan fingerprint density at radius 3 is 2.15 bits per heavy atom. The van der Waals surface area contributed by atoms with Crippen molar-refractivity contribution in [3.05, 3.63) is 54.6 Å². The highest BCUT2D eigenvalue weighted by Crippen LogP contribution is 2.64. The number of rotatable bonds is 6. The molecule has 0 unspecified atom stereocenters. The molecule has 1 N–H and O–H groups in total. The number of carbonyl (C=O) groups is 2. The molecule has 8 heteroatoms. The van der Waals surface area contributed by atoms with Crippen LogP contribution in [0.15, 0.2) is 64.8 Å². The van der Waals surface area contributed by atoms with Gasteiger partial charge in [-0.05, 0) is 43.3 Å². The summed E-state index contributed by atoms with van der Waals surface area (Å²) in [5, 5.41) is 10.9. The molecule has 0 bridgehead atoms. The van der Waals surface area contributed by atoms with Crippen molar-refractivity contribution in [2.75, 3.05) is 11.9 Å². The monoisotopic (exact) mass is 405 g/mol. The van der Waals surface area contributed by atoms with Crippen LogP contribution in [0, 0.1) is 5.41 Å². The van der Waals surface area contributed by atoms with Crippen molar-refractivity contribution in [1.29, 1.82) is 0 Å². The average molecular weight is 406 g/mol. The van der Waals surface area contributed by atoms with E-state index in [4.69, 9.17) is 27.9 Å². The molecule has 1 fully saturated rings. The lowest BCUT2D eigenvalue weighted by atomic mass is 10.1. The molecular weight excluding hydrogens is 389 g/mol. The maximum atomic E-state index is 11.9. The maximum Gasteiger partial charge on any atom is 0.315 e. The summed E-state index contributed by atoms with van der Waals surface area (Å²) in [5.41, 5.74) is 0.989. The molecule has 0 heterocycles. The van der Waals surface area contributed by atoms with Crippen LogP contribution >= 0.6 is 23.2 Å². The molecule has 0 spiro atoms. The molecule has 1 aliphatic rings. The Balaban J connectivity index is 1.49. The van der Waals surface area contributed by atoms with Crippen molar-refractivity contribution >= 4 is 52.1 Å². The first-order valence-corrected chi connectivity index (χ1v) is 8.97. The van der Waals surface area contributed by atoms with Gasteiger partial charge in [0.25, 0.3) is 5.91 Å². The van der Waals surface area contributed by atoms with E-state index in [1.165, 1.54) is 0 Å². The second-order valence-electron chi connectivity index (χ2n) is 6.42. The number of carbonyl (C=O) groups excluding carboxylic acids is 2. The first kappa shape index (κ1) is 19.3. The summed E-state index contributed by atoms with van der Waals surface area (Å²) in [6, 6.07) is 16.2. The number of halogens is 2. The molecular formula is C19H17Cl2N3O3. The Bertz CT molecular complexity index is 870. The molecule has 0 aliphatic heterocycles. The Morgan fingerprint density at radius 2 is 1.59 bits per heavy atom. The predicted molar refractivity (Wildman–Crippen MR) is 104 cm³/mol. The quantitative estimate of drug-likeness (QED) is 0.408. The van der Waals surface area contributed by atoms with Crippen molar-refractivity contribution in [2.24, 2.45) is 15.6 Å². The fraction of sp³-hybridized carbons (Fsp3) is 0.263. The van der Waals surface area contributed by atoms with E-state index in [1.807, 2.05) is 30.3 Å². The number of nitrogens with one attached hydrogen (secondary N) is 1. The topological polar surface area (TPSA) is 80.1 Å². The van der Waals surface area contributed by atoms with Gasteiger partial charge in [-0.25, -0.2) is 0 Å². The van der Waals surface area contributed by atoms with E-state index in [0.717, 1.165) is 5.69 Å². The van der Waals surface area contributed by atoms with Crippen LogP contribution in [-0.2, 0) is 14.3 Å². The first-order valence-electron chi connectivity index (χ1n) is 8.22. The number of nitrogens with zero attached hydrogens (tertiary/aromatic N) is 2. The summed E-state index contributed by atoms with van der Waals surface area (Å²) in [6.45, 7) is 1.20. The van der Waals surface area contributed by atoms with Gasteiger partial charge in [0.1, 0.15) is 9.75 Å². The van der Waals surface area contributed by atoms with E-state index in [1.54, 1.807) is 31.2 Å². The third-order valence-electron chi connectivity index (χ3n) is 4.23. The number of alkyl halides is 2. The molecule has 2 aromatic carbocycles. The normalized spacial score (nSPS) is 20.3. The molecule has 1 amide bonds. The fourth-order valence-electron chi connectivity index (χ4n) is 2.33. The smallest absolute Gasteiger partial charge is 0.315 e. The van der Waals surface area contributed by atoms with Crippen LogP contribution in [-0.4, -0.2) is 22.8 Å². The molecule has 2 aromatic rings. The minimum absolute atomic E-state index is 0.308. The largest absolute Gasteiger partial charge is 0.455 e. The predicted octanol–water partition coefficient (Wildman–Crippen LogP) is 5.17. The van der Waals surface area contributed by atoms with E-state index >= 15 is 0 Å². The average Bonchev–Trinajstić information content (AvgIpc) is 3.19. The van der Waals surface area contributed by atoms with Gasteiger partial charge >= 0.3 is 5.97 Å². The van der Waals surface area contributed by atoms with Crippen LogP contribution in [0.4, 0.5) is 17.1 Å². The van der Waals surface area contributed by atoms with Crippen LogP contribution in [0.3, 0.4) is 0 Å². The number of benzene rings is 2. The first-order chi connectivity index (χ1) is 12.8. The molecule has 0 radical (unpaired) electrons. The number of esters is 1. The summed E-state index contributed by atoms with van der Waals surface area (Å²) in [6.07, 6.45) is 0.308. The fourth-order valence-corrected chi connectivity index (χ4v) is 3.02. The number of azo groups is 1. The lowest BCUT2D eigenvalue weighted by molar-refractivity contribution is -0.152. The van der Waals surface area contributed by atoms with E-state index in [2.05, 4.69) is 15.5 Å². The lowest BCUT2D eigenvalue weighted by Crippen LogP contribution is -2.26. The van der Waals surface area contributed by atoms with Crippen molar-refractivity contribution in [3.8, 4) is 0 Å². The van der Waals surface area contributed by atoms with Crippen LogP contribution in [0.25, 0.3) is 0 Å². The van der Waals surface area contributed by atoms with Crippen LogP contribution in [0.1, 0.15) is 13.3 Å². The van der Waals surface area contributed by atoms with Crippen LogP contribution in [0.5, 0.6) is 0 Å². The van der Waals surface area contributed by atoms with E-state index in [0.29, 0.717) is 17.8 Å². The molecule has 1 aliphatic carbocycles. The SMILES string of the molecule is C[C@]1(C(=O)OCC(=O)Nc2ccc(N=Nc3ccccc3)cc2)CC1(Cl)Cl. The van der Waals surface area contributed by atoms with Crippen molar-refractivity contribution in [2.45, 2.75) is 17.7 Å². The summed E-state index contributed by atoms with van der Waals surface area (Å²) < 4.78 is 3.88. The van der Waals surface area contributed by atoms with E-state index in [9.17, 15) is 9.59 Å². The second kappa shape index (κ2) is 7.66. The molecule has 140 valence electrons. The number of amides is 1. The highest BCUT2D eigenvalue weighted by Gasteiger charge is 2.69. The molecule has 3 rings (SSSR count). The Morgan fingerprint density at radius 1 is 1.04 bits per heavy atom. The molecule has 1 saturated carbocycles. The zero-order chi connectivity index (χ0) is 19.5. The Labute approximate surface area is 166 Å². The molecule has 0 saturated heterocycles. The van der Waals surface area contributed by atoms with Crippen LogP contribution < -0.4 is 5.32 Å². The summed E-state index contributed by atoms with van der Waals surface area (Å²) in [4.78, 5) is 23.9. The van der Waals surface area contributed by atoms with Gasteiger partial charge in [0.2, 0.25) is 0 Å². The van der Waals surface area contributed by atoms with Gasteiger partial charge in [-0.15, -0.1) is 23.2 Å². The van der Waals surface area contributed by atoms with E-state index < -0.39 is 28.2 Å². The zero-order valence-electron chi connectivity index (χ0n) is 14.5.